The van der Waals surface area contributed by atoms with Crippen molar-refractivity contribution in [3.8, 4) is 23.1 Å². The van der Waals surface area contributed by atoms with E-state index in [1.165, 1.54) is 0 Å². The summed E-state index contributed by atoms with van der Waals surface area (Å²) in [5, 5.41) is 13.1. The van der Waals surface area contributed by atoms with Gasteiger partial charge in [0.15, 0.2) is 0 Å². The number of hydrogen-bond donors (Lipinski definition) is 2. The molecular weight excluding hydrogens is 550 g/mol. The van der Waals surface area contributed by atoms with Crippen molar-refractivity contribution in [2.45, 2.75) is 50.9 Å². The van der Waals surface area contributed by atoms with Gasteiger partial charge in [-0.2, -0.15) is 0 Å². The quantitative estimate of drug-likeness (QED) is 0.322. The average Bonchev–Trinajstić information content (AvgIpc) is 3.32. The van der Waals surface area contributed by atoms with E-state index < -0.39 is 15.7 Å². The Balaban J connectivity index is 1.67. The Hall–Kier alpha value is -2.65. The summed E-state index contributed by atoms with van der Waals surface area (Å²) in [5.74, 6) is 6.18. The van der Waals surface area contributed by atoms with Crippen LogP contribution in [-0.2, 0) is 22.3 Å². The topological polar surface area (TPSA) is 98.2 Å². The van der Waals surface area contributed by atoms with Crippen LogP contribution in [-0.4, -0.2) is 106 Å². The summed E-state index contributed by atoms with van der Waals surface area (Å²) < 4.78 is 20.5. The average molecular weight is 596 g/mol. The lowest BCUT2D eigenvalue weighted by Crippen LogP contribution is -2.38. The minimum absolute atomic E-state index is 0.0528. The molecular formula is C32H45N5O4S. The fourth-order valence-electron chi connectivity index (χ4n) is 5.27. The maximum atomic E-state index is 13.6. The van der Waals surface area contributed by atoms with Crippen LogP contribution in [0.25, 0.3) is 11.3 Å². The van der Waals surface area contributed by atoms with Crippen LogP contribution in [0.1, 0.15) is 66.8 Å². The molecule has 2 aliphatic rings. The second-order valence-corrected chi connectivity index (χ2v) is 14.3. The van der Waals surface area contributed by atoms with E-state index in [4.69, 9.17) is 9.72 Å². The first-order chi connectivity index (χ1) is 20.1. The second-order valence-electron chi connectivity index (χ2n) is 12.1. The number of aromatic nitrogens is 1. The number of hydrogen-bond acceptors (Lipinski definition) is 7. The van der Waals surface area contributed by atoms with Gasteiger partial charge < -0.3 is 15.2 Å². The van der Waals surface area contributed by atoms with Crippen molar-refractivity contribution < 1.29 is 18.8 Å². The van der Waals surface area contributed by atoms with Crippen LogP contribution in [0.4, 0.5) is 0 Å². The lowest BCUT2D eigenvalue weighted by molar-refractivity contribution is 0.0374. The number of rotatable bonds is 10. The summed E-state index contributed by atoms with van der Waals surface area (Å²) in [6, 6.07) is 9.42. The van der Waals surface area contributed by atoms with Crippen molar-refractivity contribution >= 4 is 16.9 Å². The zero-order valence-electron chi connectivity index (χ0n) is 25.6. The van der Waals surface area contributed by atoms with Crippen LogP contribution in [0, 0.1) is 11.8 Å². The van der Waals surface area contributed by atoms with Gasteiger partial charge in [0.1, 0.15) is 16.7 Å². The van der Waals surface area contributed by atoms with Gasteiger partial charge >= 0.3 is 0 Å². The molecule has 1 aromatic carbocycles. The Morgan fingerprint density at radius 2 is 2.00 bits per heavy atom. The minimum Gasteiger partial charge on any atom is -0.396 e. The third-order valence-electron chi connectivity index (χ3n) is 7.33. The first-order valence-corrected chi connectivity index (χ1v) is 15.8. The van der Waals surface area contributed by atoms with Gasteiger partial charge in [-0.1, -0.05) is 24.0 Å². The number of nitrogens with one attached hydrogen (secondary N) is 1. The summed E-state index contributed by atoms with van der Waals surface area (Å²) in [4.78, 5) is 22.7. The first-order valence-electron chi connectivity index (χ1n) is 14.7. The van der Waals surface area contributed by atoms with Crippen molar-refractivity contribution in [3.63, 3.8) is 0 Å². The number of aliphatic hydroxyl groups excluding tert-OH is 1. The van der Waals surface area contributed by atoms with Crippen LogP contribution in [0.15, 0.2) is 30.3 Å². The molecule has 2 N–H and O–H groups in total. The molecule has 1 amide bonds. The highest BCUT2D eigenvalue weighted by atomic mass is 32.2. The summed E-state index contributed by atoms with van der Waals surface area (Å²) in [5.41, 5.74) is 4.55. The third kappa shape index (κ3) is 8.25. The summed E-state index contributed by atoms with van der Waals surface area (Å²) in [6.07, 6.45) is 1.26. The Morgan fingerprint density at radius 1 is 1.24 bits per heavy atom. The first kappa shape index (κ1) is 32.3. The van der Waals surface area contributed by atoms with E-state index in [0.717, 1.165) is 61.5 Å². The number of carbonyl (C=O) groups is 1. The van der Waals surface area contributed by atoms with Gasteiger partial charge in [-0.05, 0) is 78.0 Å². The number of pyridine rings is 1. The zero-order chi connectivity index (χ0) is 30.3. The van der Waals surface area contributed by atoms with Gasteiger partial charge in [-0.15, -0.1) is 0 Å². The number of morpholine rings is 1. The van der Waals surface area contributed by atoms with Gasteiger partial charge in [0, 0.05) is 49.5 Å². The maximum Gasteiger partial charge on any atom is 0.269 e. The van der Waals surface area contributed by atoms with E-state index in [1.807, 2.05) is 74.4 Å². The molecule has 3 heterocycles. The highest BCUT2D eigenvalue weighted by Crippen LogP contribution is 2.44. The molecule has 0 spiro atoms. The van der Waals surface area contributed by atoms with E-state index in [1.54, 1.807) is 0 Å². The molecule has 0 saturated carbocycles. The van der Waals surface area contributed by atoms with E-state index in [2.05, 4.69) is 22.1 Å². The largest absolute Gasteiger partial charge is 0.396 e. The molecule has 1 fully saturated rings. The molecule has 10 heteroatoms. The van der Waals surface area contributed by atoms with Crippen LogP contribution < -0.4 is 5.32 Å². The molecule has 2 aliphatic heterocycles. The zero-order valence-corrected chi connectivity index (χ0v) is 26.4. The molecule has 0 aliphatic carbocycles. The molecule has 0 radical (unpaired) electrons. The van der Waals surface area contributed by atoms with E-state index in [0.29, 0.717) is 37.4 Å². The van der Waals surface area contributed by atoms with Crippen molar-refractivity contribution in [1.29, 1.82) is 0 Å². The fourth-order valence-corrected chi connectivity index (χ4v) is 6.67. The Kier molecular flexibility index (Phi) is 11.3. The lowest BCUT2D eigenvalue weighted by Gasteiger charge is -2.30. The van der Waals surface area contributed by atoms with Crippen molar-refractivity contribution in [1.82, 2.24) is 24.4 Å². The van der Waals surface area contributed by atoms with Crippen LogP contribution in [0.2, 0.25) is 0 Å². The van der Waals surface area contributed by atoms with E-state index >= 15 is 0 Å². The van der Waals surface area contributed by atoms with Crippen LogP contribution >= 0.6 is 0 Å². The number of benzene rings is 1. The molecule has 1 aromatic heterocycles. The summed E-state index contributed by atoms with van der Waals surface area (Å²) >= 11 is 0. The highest BCUT2D eigenvalue weighted by Gasteiger charge is 2.40. The fraction of sp³-hybridized carbons (Fsp3) is 0.562. The van der Waals surface area contributed by atoms with Crippen molar-refractivity contribution in [2.75, 3.05) is 66.6 Å². The normalized spacial score (nSPS) is 18.4. The van der Waals surface area contributed by atoms with Gasteiger partial charge in [-0.25, -0.2) is 13.5 Å². The molecule has 1 saturated heterocycles. The maximum absolute atomic E-state index is 13.6. The highest BCUT2D eigenvalue weighted by molar-refractivity contribution is 7.84. The minimum atomic E-state index is -1.32. The molecule has 0 bridgehead atoms. The Bertz CT molecular complexity index is 1320. The molecule has 9 nitrogen and oxygen atoms in total. The molecule has 2 atom stereocenters. The lowest BCUT2D eigenvalue weighted by atomic mass is 9.95. The summed E-state index contributed by atoms with van der Waals surface area (Å²) in [6.45, 7) is 11.7. The molecule has 42 heavy (non-hydrogen) atoms. The molecule has 228 valence electrons. The number of aliphatic hydroxyl groups is 1. The molecule has 2 aromatic rings. The monoisotopic (exact) mass is 595 g/mol. The predicted octanol–water partition coefficient (Wildman–Crippen LogP) is 2.82. The van der Waals surface area contributed by atoms with E-state index in [-0.39, 0.29) is 18.6 Å². The number of carbonyl (C=O) groups excluding carboxylic acids is 1. The smallest absolute Gasteiger partial charge is 0.269 e. The second kappa shape index (κ2) is 14.7. The van der Waals surface area contributed by atoms with Crippen LogP contribution in [0.5, 0.6) is 0 Å². The molecule has 0 unspecified atom stereocenters. The molecule has 4 rings (SSSR count). The van der Waals surface area contributed by atoms with Crippen LogP contribution in [0.3, 0.4) is 0 Å². The SMILES string of the molecule is CN(C)CC#Cc1cccc(-c2nc(C(=O)NCCCN3CCOCC3)cc3c2[C@@H](CCO)N([S@](=O)C(C)(C)C)C3)c1. The predicted molar refractivity (Wildman–Crippen MR) is 167 cm³/mol. The van der Waals surface area contributed by atoms with Crippen molar-refractivity contribution in [3.05, 3.63) is 52.7 Å². The number of fused-ring (bicyclic) bond motifs is 1. The van der Waals surface area contributed by atoms with Gasteiger partial charge in [0.25, 0.3) is 5.91 Å². The third-order valence-corrected chi connectivity index (χ3v) is 9.19. The van der Waals surface area contributed by atoms with Crippen molar-refractivity contribution in [2.24, 2.45) is 0 Å². The van der Waals surface area contributed by atoms with Gasteiger partial charge in [0.05, 0.1) is 36.2 Å². The number of nitrogens with zero attached hydrogens (tertiary/aromatic N) is 4. The Morgan fingerprint density at radius 3 is 2.69 bits per heavy atom. The van der Waals surface area contributed by atoms with E-state index in [9.17, 15) is 14.1 Å². The Labute approximate surface area is 253 Å². The summed E-state index contributed by atoms with van der Waals surface area (Å²) in [7, 11) is 2.64. The van der Waals surface area contributed by atoms with Gasteiger partial charge in [-0.3, -0.25) is 14.6 Å². The number of ether oxygens (including phenoxy) is 1. The standard InChI is InChI=1S/C32H45N5O4S/c1-32(2,3)42(40)37-23-26-22-27(31(39)33-13-8-15-36-16-19-41-20-17-36)34-30(29(26)28(37)12-18-38)25-11-6-9-24(21-25)10-7-14-35(4)5/h6,9,11,21-22,28,38H,8,12-20,23H2,1-5H3,(H,33,39)/t28-,42-/m1/s1. The van der Waals surface area contributed by atoms with Gasteiger partial charge in [0.2, 0.25) is 0 Å². The number of amides is 1.